The Labute approximate surface area is 387 Å². The number of halogens is 4. The van der Waals surface area contributed by atoms with Crippen molar-refractivity contribution in [2.75, 3.05) is 131 Å². The van der Waals surface area contributed by atoms with Gasteiger partial charge in [0.25, 0.3) is 0 Å². The molecule has 6 rings (SSSR count). The summed E-state index contributed by atoms with van der Waals surface area (Å²) in [4.78, 5) is 19.8. The molecule has 0 aromatic heterocycles. The standard InChI is InChI=1S/C26H36Cl2N4.C17H34Cl2N4.2Mn/c27-26(28)12-15-31(23-25-10-5-2-6-11-25)17-16-29-13-7-14-30(19-21-32(26)20-18-29)22-24-8-3-1-4-9-24;1-3-4-8-21-10-6-17(18,19)23-15-11-20(2)7-5-9-22(13-12-21)14-16-23;;/h1-6,8-11H,7,12-23H2;3-16H2,1-2H3;;/q;;2*+2. The fraction of sp³-hybridized carbons (Fsp3) is 0.721. The molecule has 0 N–H and O–H groups in total. The number of hydrogen-bond acceptors (Lipinski definition) is 8. The molecule has 14 heteroatoms. The fourth-order valence-corrected chi connectivity index (χ4v) is 9.24. The van der Waals surface area contributed by atoms with Crippen molar-refractivity contribution in [3.63, 3.8) is 0 Å². The second-order valence-electron chi connectivity index (χ2n) is 16.2. The van der Waals surface area contributed by atoms with Gasteiger partial charge in [-0.1, -0.05) is 120 Å². The van der Waals surface area contributed by atoms with Crippen LogP contribution < -0.4 is 0 Å². The van der Waals surface area contributed by atoms with Gasteiger partial charge in [0.1, 0.15) is 0 Å². The third-order valence-electron chi connectivity index (χ3n) is 11.9. The van der Waals surface area contributed by atoms with E-state index in [4.69, 9.17) is 46.4 Å². The van der Waals surface area contributed by atoms with Crippen LogP contribution in [0.2, 0.25) is 0 Å². The number of alkyl halides is 4. The van der Waals surface area contributed by atoms with E-state index in [1.165, 1.54) is 49.9 Å². The van der Waals surface area contributed by atoms with Gasteiger partial charge in [-0.3, -0.25) is 19.6 Å². The van der Waals surface area contributed by atoms with E-state index in [0.717, 1.165) is 137 Å². The Kier molecular flexibility index (Phi) is 24.8. The molecule has 320 valence electrons. The molecule has 8 nitrogen and oxygen atoms in total. The van der Waals surface area contributed by atoms with E-state index >= 15 is 0 Å². The maximum atomic E-state index is 6.99. The Morgan fingerprint density at radius 1 is 0.474 bits per heavy atom. The molecule has 4 aliphatic rings. The van der Waals surface area contributed by atoms with Crippen LogP contribution in [0.5, 0.6) is 0 Å². The first-order chi connectivity index (χ1) is 26.6. The summed E-state index contributed by atoms with van der Waals surface area (Å²) < 4.78 is -1.58. The van der Waals surface area contributed by atoms with Gasteiger partial charge in [-0.2, -0.15) is 0 Å². The van der Waals surface area contributed by atoms with Crippen LogP contribution in [0.4, 0.5) is 0 Å². The van der Waals surface area contributed by atoms with E-state index in [1.807, 2.05) is 0 Å². The number of fused-ring (bicyclic) bond motifs is 6. The number of nitrogens with zero attached hydrogens (tertiary/aromatic N) is 8. The van der Waals surface area contributed by atoms with Crippen LogP contribution in [-0.4, -0.2) is 180 Å². The molecule has 4 bridgehead atoms. The van der Waals surface area contributed by atoms with E-state index in [0.29, 0.717) is 0 Å². The number of hydrogen-bond donors (Lipinski definition) is 0. The van der Waals surface area contributed by atoms with Gasteiger partial charge in [0.2, 0.25) is 0 Å². The van der Waals surface area contributed by atoms with Gasteiger partial charge >= 0.3 is 34.1 Å². The molecule has 0 aliphatic carbocycles. The zero-order valence-corrected chi connectivity index (χ0v) is 40.1. The van der Waals surface area contributed by atoms with Crippen molar-refractivity contribution in [3.05, 3.63) is 71.8 Å². The molecule has 57 heavy (non-hydrogen) atoms. The van der Waals surface area contributed by atoms with Crippen molar-refractivity contribution in [3.8, 4) is 0 Å². The maximum absolute atomic E-state index is 6.99. The first-order valence-corrected chi connectivity index (χ1v) is 22.7. The summed E-state index contributed by atoms with van der Waals surface area (Å²) in [5.41, 5.74) is 2.72. The molecule has 4 heterocycles. The smallest absolute Gasteiger partial charge is 0.305 e. The molecule has 4 unspecified atom stereocenters. The number of unbranched alkanes of at least 4 members (excludes halogenated alkanes) is 1. The van der Waals surface area contributed by atoms with Crippen molar-refractivity contribution < 1.29 is 34.1 Å². The maximum Gasteiger partial charge on any atom is 2.00 e. The zero-order chi connectivity index (χ0) is 38.9. The normalized spacial score (nSPS) is 27.4. The molecule has 0 saturated carbocycles. The summed E-state index contributed by atoms with van der Waals surface area (Å²) >= 11 is 27.5. The Morgan fingerprint density at radius 2 is 0.895 bits per heavy atom. The van der Waals surface area contributed by atoms with Gasteiger partial charge in [-0.25, -0.2) is 0 Å². The van der Waals surface area contributed by atoms with Crippen molar-refractivity contribution in [1.82, 2.24) is 39.2 Å². The zero-order valence-electron chi connectivity index (χ0n) is 34.7. The Bertz CT molecular complexity index is 1340. The SMILES string of the molecule is CCCCN1CCN2CCCN(C)CCN(CC2)C(Cl)(Cl)CC1.ClC1(Cl)CCN(Cc2ccccc2)CCN2CCCN(Cc3ccccc3)CCN1CC2.[Mn+2].[Mn+2]. The van der Waals surface area contributed by atoms with Gasteiger partial charge in [-0.05, 0) is 70.2 Å². The number of benzene rings is 2. The molecule has 2 aromatic rings. The van der Waals surface area contributed by atoms with Crippen LogP contribution in [0.25, 0.3) is 0 Å². The summed E-state index contributed by atoms with van der Waals surface area (Å²) in [5.74, 6) is 0. The Balaban J connectivity index is 0.000000311. The summed E-state index contributed by atoms with van der Waals surface area (Å²) in [6.07, 6.45) is 6.51. The molecule has 0 spiro atoms. The molecular formula is C43H70Cl4Mn2N8+4. The van der Waals surface area contributed by atoms with Gasteiger partial charge in [0.15, 0.2) is 8.91 Å². The Hall–Kier alpha value is 0.319. The van der Waals surface area contributed by atoms with Crippen LogP contribution in [0.15, 0.2) is 60.7 Å². The van der Waals surface area contributed by atoms with Gasteiger partial charge in [0, 0.05) is 118 Å². The van der Waals surface area contributed by atoms with Crippen molar-refractivity contribution in [2.45, 2.75) is 67.5 Å². The van der Waals surface area contributed by atoms with E-state index < -0.39 is 8.91 Å². The summed E-state index contributed by atoms with van der Waals surface area (Å²) in [7, 11) is 2.20. The number of rotatable bonds is 7. The van der Waals surface area contributed by atoms with E-state index in [2.05, 4.69) is 114 Å². The predicted octanol–water partition coefficient (Wildman–Crippen LogP) is 7.09. The first kappa shape index (κ1) is 51.7. The van der Waals surface area contributed by atoms with Crippen LogP contribution in [0.1, 0.15) is 56.6 Å². The van der Waals surface area contributed by atoms with Crippen LogP contribution >= 0.6 is 46.4 Å². The average molecular weight is 951 g/mol. The average Bonchev–Trinajstić information content (AvgIpc) is 3.18. The third kappa shape index (κ3) is 18.7. The molecular weight excluding hydrogens is 880 g/mol. The van der Waals surface area contributed by atoms with E-state index in [1.54, 1.807) is 0 Å². The van der Waals surface area contributed by atoms with Crippen molar-refractivity contribution in [2.24, 2.45) is 0 Å². The van der Waals surface area contributed by atoms with Gasteiger partial charge in [0.05, 0.1) is 0 Å². The molecule has 4 aliphatic heterocycles. The third-order valence-corrected chi connectivity index (χ3v) is 13.7. The largest absolute Gasteiger partial charge is 2.00 e. The first-order valence-electron chi connectivity index (χ1n) is 21.2. The minimum absolute atomic E-state index is 0. The molecule has 4 atom stereocenters. The monoisotopic (exact) mass is 948 g/mol. The Morgan fingerprint density at radius 3 is 1.44 bits per heavy atom. The summed E-state index contributed by atoms with van der Waals surface area (Å²) in [6.45, 7) is 24.1. The van der Waals surface area contributed by atoms with E-state index in [-0.39, 0.29) is 34.1 Å². The van der Waals surface area contributed by atoms with Crippen molar-refractivity contribution >= 4 is 46.4 Å². The molecule has 4 saturated heterocycles. The summed E-state index contributed by atoms with van der Waals surface area (Å²) in [5, 5.41) is 0. The minimum Gasteiger partial charge on any atom is -0.305 e. The topological polar surface area (TPSA) is 25.9 Å². The van der Waals surface area contributed by atoms with Crippen LogP contribution in [-0.2, 0) is 47.2 Å². The quantitative estimate of drug-likeness (QED) is 0.165. The van der Waals surface area contributed by atoms with Crippen LogP contribution in [0, 0.1) is 0 Å². The van der Waals surface area contributed by atoms with Crippen LogP contribution in [0.3, 0.4) is 0 Å². The molecule has 2 radical (unpaired) electrons. The van der Waals surface area contributed by atoms with Gasteiger partial charge < -0.3 is 19.6 Å². The predicted molar refractivity (Wildman–Crippen MR) is 236 cm³/mol. The molecule has 4 fully saturated rings. The van der Waals surface area contributed by atoms with E-state index in [9.17, 15) is 0 Å². The minimum atomic E-state index is -0.838. The molecule has 0 amide bonds. The second-order valence-corrected chi connectivity index (χ2v) is 19.1. The fourth-order valence-electron chi connectivity index (χ4n) is 8.23. The number of likely N-dealkylation sites (N-methyl/N-ethyl adjacent to an activating group) is 1. The van der Waals surface area contributed by atoms with Gasteiger partial charge in [-0.15, -0.1) is 0 Å². The second kappa shape index (κ2) is 27.4. The summed E-state index contributed by atoms with van der Waals surface area (Å²) in [6, 6.07) is 21.5. The van der Waals surface area contributed by atoms with Crippen molar-refractivity contribution in [1.29, 1.82) is 0 Å². The molecule has 2 aromatic carbocycles.